The normalized spacial score (nSPS) is 11.6. The zero-order valence-electron chi connectivity index (χ0n) is 13.6. The summed E-state index contributed by atoms with van der Waals surface area (Å²) in [6, 6.07) is 10.7. The molecule has 0 aliphatic carbocycles. The maximum Gasteiger partial charge on any atom is 0.298 e. The number of hydrogen-bond donors (Lipinski definition) is 2. The summed E-state index contributed by atoms with van der Waals surface area (Å²) >= 11 is 3.42. The van der Waals surface area contributed by atoms with Crippen LogP contribution in [-0.4, -0.2) is 33.1 Å². The number of methoxy groups -OCH3 is 1. The number of nitrogens with zero attached hydrogens (tertiary/aromatic N) is 3. The standard InChI is InChI=1S/C18H13BrN4O3/c1-26-14-4-2-3-10(17(14)24)8-21-23-9-20-15-12-7-11(19)5-6-13(12)22-16(15)18(23)25/h2-9,22,24H,1H3/b21-8+. The number of aromatic hydroxyl groups is 1. The Labute approximate surface area is 155 Å². The zero-order valence-corrected chi connectivity index (χ0v) is 15.2. The van der Waals surface area contributed by atoms with Crippen LogP contribution in [0.25, 0.3) is 21.9 Å². The number of halogens is 1. The molecule has 0 aliphatic rings. The zero-order chi connectivity index (χ0) is 18.3. The predicted octanol–water partition coefficient (Wildman–Crippen LogP) is 3.24. The first-order valence-electron chi connectivity index (χ1n) is 7.67. The molecule has 0 spiro atoms. The monoisotopic (exact) mass is 412 g/mol. The van der Waals surface area contributed by atoms with Crippen LogP contribution in [-0.2, 0) is 0 Å². The molecule has 0 saturated heterocycles. The van der Waals surface area contributed by atoms with Crippen LogP contribution in [0.15, 0.2) is 57.1 Å². The fourth-order valence-electron chi connectivity index (χ4n) is 2.73. The lowest BCUT2D eigenvalue weighted by Gasteiger charge is -2.05. The van der Waals surface area contributed by atoms with E-state index in [9.17, 15) is 9.90 Å². The summed E-state index contributed by atoms with van der Waals surface area (Å²) in [5.41, 5.74) is 1.87. The Hall–Kier alpha value is -3.13. The van der Waals surface area contributed by atoms with Gasteiger partial charge in [0.05, 0.1) is 13.3 Å². The number of ether oxygens (including phenoxy) is 1. The number of nitrogens with one attached hydrogen (secondary N) is 1. The fourth-order valence-corrected chi connectivity index (χ4v) is 3.09. The molecule has 4 aromatic rings. The minimum atomic E-state index is -0.332. The van der Waals surface area contributed by atoms with E-state index in [-0.39, 0.29) is 11.3 Å². The van der Waals surface area contributed by atoms with Gasteiger partial charge in [0.1, 0.15) is 17.4 Å². The summed E-state index contributed by atoms with van der Waals surface area (Å²) in [4.78, 5) is 20.1. The third kappa shape index (κ3) is 2.64. The molecule has 0 radical (unpaired) electrons. The molecule has 0 bridgehead atoms. The number of hydrogen-bond acceptors (Lipinski definition) is 5. The number of phenolic OH excluding ortho intramolecular Hbond substituents is 1. The van der Waals surface area contributed by atoms with E-state index in [0.29, 0.717) is 22.3 Å². The Morgan fingerprint density at radius 3 is 3.00 bits per heavy atom. The van der Waals surface area contributed by atoms with E-state index >= 15 is 0 Å². The number of phenols is 1. The van der Waals surface area contributed by atoms with Crippen molar-refractivity contribution in [2.24, 2.45) is 5.10 Å². The van der Waals surface area contributed by atoms with Gasteiger partial charge in [-0.25, -0.2) is 4.98 Å². The minimum Gasteiger partial charge on any atom is -0.504 e. The van der Waals surface area contributed by atoms with Crippen LogP contribution in [0.3, 0.4) is 0 Å². The second-order valence-corrected chi connectivity index (χ2v) is 6.49. The Morgan fingerprint density at radius 1 is 1.35 bits per heavy atom. The maximum absolute atomic E-state index is 12.7. The van der Waals surface area contributed by atoms with Crippen molar-refractivity contribution in [3.63, 3.8) is 0 Å². The number of fused-ring (bicyclic) bond motifs is 3. The molecule has 8 heteroatoms. The third-order valence-electron chi connectivity index (χ3n) is 4.02. The van der Waals surface area contributed by atoms with Crippen LogP contribution in [0.4, 0.5) is 0 Å². The quantitative estimate of drug-likeness (QED) is 0.505. The van der Waals surface area contributed by atoms with E-state index in [0.717, 1.165) is 20.1 Å². The van der Waals surface area contributed by atoms with Gasteiger partial charge in [-0.3, -0.25) is 4.79 Å². The molecule has 0 amide bonds. The largest absolute Gasteiger partial charge is 0.504 e. The van der Waals surface area contributed by atoms with Crippen molar-refractivity contribution in [3.8, 4) is 11.5 Å². The van der Waals surface area contributed by atoms with E-state index in [1.807, 2.05) is 18.2 Å². The summed E-state index contributed by atoms with van der Waals surface area (Å²) in [6.45, 7) is 0. The van der Waals surface area contributed by atoms with E-state index in [2.05, 4.69) is 31.0 Å². The number of rotatable bonds is 3. The average Bonchev–Trinajstić information content (AvgIpc) is 3.01. The van der Waals surface area contributed by atoms with E-state index in [4.69, 9.17) is 4.74 Å². The highest BCUT2D eigenvalue weighted by atomic mass is 79.9. The Balaban J connectivity index is 1.82. The van der Waals surface area contributed by atoms with Gasteiger partial charge in [0, 0.05) is 20.9 Å². The summed E-state index contributed by atoms with van der Waals surface area (Å²) in [6.07, 6.45) is 2.73. The first-order valence-corrected chi connectivity index (χ1v) is 8.46. The first kappa shape index (κ1) is 16.3. The molecule has 26 heavy (non-hydrogen) atoms. The summed E-state index contributed by atoms with van der Waals surface area (Å²) in [7, 11) is 1.46. The number of H-pyrrole nitrogens is 1. The van der Waals surface area contributed by atoms with E-state index in [1.54, 1.807) is 18.2 Å². The minimum absolute atomic E-state index is 0.0451. The first-order chi connectivity index (χ1) is 12.6. The van der Waals surface area contributed by atoms with E-state index < -0.39 is 0 Å². The van der Waals surface area contributed by atoms with Crippen LogP contribution in [0.5, 0.6) is 11.5 Å². The van der Waals surface area contributed by atoms with Gasteiger partial charge in [0.2, 0.25) is 0 Å². The molecule has 0 unspecified atom stereocenters. The van der Waals surface area contributed by atoms with Crippen LogP contribution in [0.1, 0.15) is 5.56 Å². The molecule has 0 atom stereocenters. The highest BCUT2D eigenvalue weighted by Crippen LogP contribution is 2.28. The molecule has 2 aromatic carbocycles. The lowest BCUT2D eigenvalue weighted by molar-refractivity contribution is 0.373. The van der Waals surface area contributed by atoms with Gasteiger partial charge in [-0.05, 0) is 30.3 Å². The maximum atomic E-state index is 12.7. The molecule has 130 valence electrons. The lowest BCUT2D eigenvalue weighted by atomic mass is 10.2. The van der Waals surface area contributed by atoms with Crippen LogP contribution >= 0.6 is 15.9 Å². The SMILES string of the molecule is COc1cccc(/C=N/n2cnc3c([nH]c4ccc(Br)cc43)c2=O)c1O. The van der Waals surface area contributed by atoms with Crippen LogP contribution in [0, 0.1) is 0 Å². The van der Waals surface area contributed by atoms with Crippen LogP contribution < -0.4 is 10.3 Å². The number of para-hydroxylation sites is 1. The summed E-state index contributed by atoms with van der Waals surface area (Å²) in [5.74, 6) is 0.285. The van der Waals surface area contributed by atoms with Gasteiger partial charge in [-0.1, -0.05) is 22.0 Å². The van der Waals surface area contributed by atoms with Gasteiger partial charge >= 0.3 is 0 Å². The number of benzene rings is 2. The van der Waals surface area contributed by atoms with Crippen molar-refractivity contribution in [3.05, 3.63) is 63.1 Å². The fraction of sp³-hybridized carbons (Fsp3) is 0.0556. The molecule has 7 nitrogen and oxygen atoms in total. The van der Waals surface area contributed by atoms with Crippen molar-refractivity contribution in [2.75, 3.05) is 7.11 Å². The topological polar surface area (TPSA) is 92.5 Å². The highest BCUT2D eigenvalue weighted by Gasteiger charge is 2.11. The smallest absolute Gasteiger partial charge is 0.298 e. The Morgan fingerprint density at radius 2 is 2.19 bits per heavy atom. The molecule has 0 saturated carbocycles. The van der Waals surface area contributed by atoms with Gasteiger partial charge < -0.3 is 14.8 Å². The second kappa shape index (κ2) is 6.30. The molecule has 2 heterocycles. The van der Waals surface area contributed by atoms with Gasteiger partial charge in [0.25, 0.3) is 5.56 Å². The van der Waals surface area contributed by atoms with E-state index in [1.165, 1.54) is 19.7 Å². The average molecular weight is 413 g/mol. The van der Waals surface area contributed by atoms with Crippen molar-refractivity contribution in [1.29, 1.82) is 0 Å². The molecule has 2 N–H and O–H groups in total. The summed E-state index contributed by atoms with van der Waals surface area (Å²) < 4.78 is 7.08. The second-order valence-electron chi connectivity index (χ2n) is 5.58. The highest BCUT2D eigenvalue weighted by molar-refractivity contribution is 9.10. The molecular formula is C18H13BrN4O3. The van der Waals surface area contributed by atoms with Crippen LogP contribution in [0.2, 0.25) is 0 Å². The molecular weight excluding hydrogens is 400 g/mol. The van der Waals surface area contributed by atoms with Crippen molar-refractivity contribution < 1.29 is 9.84 Å². The Bertz CT molecular complexity index is 1230. The molecule has 2 aromatic heterocycles. The Kier molecular flexibility index (Phi) is 3.96. The molecule has 0 fully saturated rings. The molecule has 4 rings (SSSR count). The predicted molar refractivity (Wildman–Crippen MR) is 103 cm³/mol. The number of aromatic nitrogens is 3. The lowest BCUT2D eigenvalue weighted by Crippen LogP contribution is -2.17. The van der Waals surface area contributed by atoms with Crippen molar-refractivity contribution in [2.45, 2.75) is 0 Å². The molecule has 0 aliphatic heterocycles. The van der Waals surface area contributed by atoms with Crippen molar-refractivity contribution >= 4 is 44.1 Å². The summed E-state index contributed by atoms with van der Waals surface area (Å²) in [5, 5.41) is 15.1. The van der Waals surface area contributed by atoms with Gasteiger partial charge in [0.15, 0.2) is 11.5 Å². The third-order valence-corrected chi connectivity index (χ3v) is 4.52. The number of aromatic amines is 1. The van der Waals surface area contributed by atoms with Gasteiger partial charge in [-0.15, -0.1) is 0 Å². The van der Waals surface area contributed by atoms with Crippen molar-refractivity contribution in [1.82, 2.24) is 14.6 Å². The van der Waals surface area contributed by atoms with Gasteiger partial charge in [-0.2, -0.15) is 9.78 Å².